The van der Waals surface area contributed by atoms with E-state index in [1.54, 1.807) is 6.21 Å². The molecule has 0 unspecified atom stereocenters. The van der Waals surface area contributed by atoms with Crippen molar-refractivity contribution in [3.63, 3.8) is 0 Å². The second-order valence-corrected chi connectivity index (χ2v) is 3.28. The van der Waals surface area contributed by atoms with Gasteiger partial charge in [-0.05, 0) is 6.07 Å². The maximum atomic E-state index is 10.6. The summed E-state index contributed by atoms with van der Waals surface area (Å²) in [5, 5.41) is 8.67. The van der Waals surface area contributed by atoms with Crippen molar-refractivity contribution in [3.05, 3.63) is 29.8 Å². The van der Waals surface area contributed by atoms with Crippen LogP contribution >= 0.6 is 0 Å². The normalized spacial score (nSPS) is 14.0. The van der Waals surface area contributed by atoms with Crippen LogP contribution in [-0.2, 0) is 4.79 Å². The summed E-state index contributed by atoms with van der Waals surface area (Å²) in [6.45, 7) is 0.362. The van der Waals surface area contributed by atoms with E-state index in [9.17, 15) is 4.79 Å². The van der Waals surface area contributed by atoms with Gasteiger partial charge in [-0.3, -0.25) is 14.8 Å². The van der Waals surface area contributed by atoms with Crippen molar-refractivity contribution in [2.45, 2.75) is 6.42 Å². The van der Waals surface area contributed by atoms with Crippen molar-refractivity contribution < 1.29 is 9.90 Å². The summed E-state index contributed by atoms with van der Waals surface area (Å²) in [5.74, 6) is -0.872. The Kier molecular flexibility index (Phi) is 2.58. The van der Waals surface area contributed by atoms with Gasteiger partial charge >= 0.3 is 5.97 Å². The van der Waals surface area contributed by atoms with E-state index in [2.05, 4.69) is 9.98 Å². The number of aliphatic carboxylic acids is 1. The average Bonchev–Trinajstić information content (AvgIpc) is 2.38. The third kappa shape index (κ3) is 2.28. The molecule has 1 aliphatic heterocycles. The Morgan fingerprint density at radius 3 is 3.00 bits per heavy atom. The van der Waals surface area contributed by atoms with Gasteiger partial charge in [-0.15, -0.1) is 0 Å². The van der Waals surface area contributed by atoms with E-state index in [0.717, 1.165) is 11.3 Å². The lowest BCUT2D eigenvalue weighted by Crippen LogP contribution is -2.09. The van der Waals surface area contributed by atoms with Gasteiger partial charge in [-0.1, -0.05) is 18.2 Å². The molecular formula is C11H10N2O2. The minimum atomic E-state index is -0.872. The smallest absolute Gasteiger partial charge is 0.309 e. The average molecular weight is 202 g/mol. The molecular weight excluding hydrogens is 192 g/mol. The lowest BCUT2D eigenvalue weighted by molar-refractivity contribution is -0.135. The summed E-state index contributed by atoms with van der Waals surface area (Å²) < 4.78 is 0. The first-order valence-electron chi connectivity index (χ1n) is 4.63. The molecule has 4 heteroatoms. The Morgan fingerprint density at radius 2 is 2.20 bits per heavy atom. The second-order valence-electron chi connectivity index (χ2n) is 3.28. The minimum Gasteiger partial charge on any atom is -0.481 e. The van der Waals surface area contributed by atoms with Gasteiger partial charge in [-0.2, -0.15) is 0 Å². The van der Waals surface area contributed by atoms with Gasteiger partial charge in [0.1, 0.15) is 0 Å². The molecule has 1 aliphatic rings. The highest BCUT2D eigenvalue weighted by atomic mass is 16.4. The first kappa shape index (κ1) is 9.58. The van der Waals surface area contributed by atoms with Crippen molar-refractivity contribution >= 4 is 23.6 Å². The first-order chi connectivity index (χ1) is 7.25. The van der Waals surface area contributed by atoms with E-state index in [1.165, 1.54) is 0 Å². The number of para-hydroxylation sites is 1. The van der Waals surface area contributed by atoms with Gasteiger partial charge in [0, 0.05) is 11.8 Å². The maximum absolute atomic E-state index is 10.6. The van der Waals surface area contributed by atoms with Gasteiger partial charge in [0.15, 0.2) is 0 Å². The number of aliphatic imine (C=N–C) groups is 2. The van der Waals surface area contributed by atoms with Crippen molar-refractivity contribution in [2.24, 2.45) is 9.98 Å². The van der Waals surface area contributed by atoms with Crippen molar-refractivity contribution in [1.82, 2.24) is 0 Å². The molecule has 1 aromatic rings. The van der Waals surface area contributed by atoms with E-state index < -0.39 is 5.97 Å². The number of nitrogens with zero attached hydrogens (tertiary/aromatic N) is 2. The lowest BCUT2D eigenvalue weighted by atomic mass is 10.2. The summed E-state index contributed by atoms with van der Waals surface area (Å²) in [6.07, 6.45) is 1.68. The summed E-state index contributed by atoms with van der Waals surface area (Å²) in [4.78, 5) is 19.0. The highest BCUT2D eigenvalue weighted by Crippen LogP contribution is 2.19. The van der Waals surface area contributed by atoms with Crippen LogP contribution in [-0.4, -0.2) is 29.5 Å². The molecule has 0 bridgehead atoms. The Labute approximate surface area is 87.0 Å². The molecule has 0 amide bonds. The number of carbonyl (C=O) groups is 1. The van der Waals surface area contributed by atoms with Gasteiger partial charge in [0.05, 0.1) is 24.4 Å². The summed E-state index contributed by atoms with van der Waals surface area (Å²) in [6, 6.07) is 7.54. The monoisotopic (exact) mass is 202 g/mol. The molecule has 76 valence electrons. The standard InChI is InChI=1S/C11H10N2O2/c14-11(15)5-9-7-12-6-8-3-1-2-4-10(8)13-9/h1-4,6H,5,7H2,(H,14,15). The Bertz CT molecular complexity index is 450. The SMILES string of the molecule is O=C(O)CC1=Nc2ccccc2C=NC1. The molecule has 4 nitrogen and oxygen atoms in total. The molecule has 0 radical (unpaired) electrons. The fourth-order valence-corrected chi connectivity index (χ4v) is 1.42. The molecule has 0 atom stereocenters. The topological polar surface area (TPSA) is 62.0 Å². The molecule has 0 fully saturated rings. The van der Waals surface area contributed by atoms with Crippen LogP contribution in [0.15, 0.2) is 34.3 Å². The Morgan fingerprint density at radius 1 is 1.40 bits per heavy atom. The van der Waals surface area contributed by atoms with Crippen molar-refractivity contribution in [2.75, 3.05) is 6.54 Å². The largest absolute Gasteiger partial charge is 0.481 e. The molecule has 0 aliphatic carbocycles. The third-order valence-electron chi connectivity index (χ3n) is 2.07. The lowest BCUT2D eigenvalue weighted by Gasteiger charge is -1.99. The van der Waals surface area contributed by atoms with E-state index in [1.807, 2.05) is 24.3 Å². The number of carboxylic acids is 1. The number of carboxylic acid groups (broad SMARTS) is 1. The summed E-state index contributed by atoms with van der Waals surface area (Å²) in [5.41, 5.74) is 2.30. The number of hydrogen-bond acceptors (Lipinski definition) is 3. The minimum absolute atomic E-state index is 0.0499. The van der Waals surface area contributed by atoms with Crippen LogP contribution in [0.25, 0.3) is 0 Å². The zero-order chi connectivity index (χ0) is 10.7. The number of rotatable bonds is 2. The molecule has 0 saturated heterocycles. The summed E-state index contributed by atoms with van der Waals surface area (Å²) >= 11 is 0. The fraction of sp³-hybridized carbons (Fsp3) is 0.182. The van der Waals surface area contributed by atoms with Crippen LogP contribution in [0, 0.1) is 0 Å². The molecule has 2 rings (SSSR count). The van der Waals surface area contributed by atoms with Gasteiger partial charge < -0.3 is 5.11 Å². The van der Waals surface area contributed by atoms with Crippen molar-refractivity contribution in [3.8, 4) is 0 Å². The van der Waals surface area contributed by atoms with Crippen LogP contribution in [0.4, 0.5) is 5.69 Å². The van der Waals surface area contributed by atoms with E-state index in [0.29, 0.717) is 12.3 Å². The quantitative estimate of drug-likeness (QED) is 0.792. The van der Waals surface area contributed by atoms with E-state index >= 15 is 0 Å². The highest BCUT2D eigenvalue weighted by molar-refractivity contribution is 6.03. The predicted molar refractivity (Wildman–Crippen MR) is 58.3 cm³/mol. The van der Waals surface area contributed by atoms with Gasteiger partial charge in [0.25, 0.3) is 0 Å². The van der Waals surface area contributed by atoms with Crippen LogP contribution in [0.2, 0.25) is 0 Å². The number of fused-ring (bicyclic) bond motifs is 1. The Hall–Kier alpha value is -1.97. The van der Waals surface area contributed by atoms with E-state index in [-0.39, 0.29) is 6.42 Å². The van der Waals surface area contributed by atoms with Crippen LogP contribution in [0.5, 0.6) is 0 Å². The molecule has 0 aromatic heterocycles. The molecule has 1 aromatic carbocycles. The molecule has 0 saturated carbocycles. The predicted octanol–water partition coefficient (Wildman–Crippen LogP) is 1.67. The molecule has 0 spiro atoms. The van der Waals surface area contributed by atoms with Gasteiger partial charge in [-0.25, -0.2) is 0 Å². The fourth-order valence-electron chi connectivity index (χ4n) is 1.42. The first-order valence-corrected chi connectivity index (χ1v) is 4.63. The van der Waals surface area contributed by atoms with E-state index in [4.69, 9.17) is 5.11 Å². The van der Waals surface area contributed by atoms with Crippen molar-refractivity contribution in [1.29, 1.82) is 0 Å². The zero-order valence-electron chi connectivity index (χ0n) is 8.05. The molecule has 15 heavy (non-hydrogen) atoms. The van der Waals surface area contributed by atoms with Crippen LogP contribution in [0.3, 0.4) is 0 Å². The van der Waals surface area contributed by atoms with Gasteiger partial charge in [0.2, 0.25) is 0 Å². The van der Waals surface area contributed by atoms with Crippen LogP contribution < -0.4 is 0 Å². The number of hydrogen-bond donors (Lipinski definition) is 1. The number of benzene rings is 1. The Balaban J connectivity index is 2.36. The highest BCUT2D eigenvalue weighted by Gasteiger charge is 2.09. The van der Waals surface area contributed by atoms with Crippen LogP contribution in [0.1, 0.15) is 12.0 Å². The molecule has 1 heterocycles. The molecule has 1 N–H and O–H groups in total. The summed E-state index contributed by atoms with van der Waals surface area (Å²) in [7, 11) is 0. The maximum Gasteiger partial charge on any atom is 0.309 e. The zero-order valence-corrected chi connectivity index (χ0v) is 8.05. The third-order valence-corrected chi connectivity index (χ3v) is 2.07. The second kappa shape index (κ2) is 4.04.